The first-order chi connectivity index (χ1) is 14.1. The molecular weight excluding hydrogens is 378 g/mol. The van der Waals surface area contributed by atoms with E-state index >= 15 is 0 Å². The van der Waals surface area contributed by atoms with E-state index in [9.17, 15) is 9.59 Å². The molecule has 0 fully saturated rings. The van der Waals surface area contributed by atoms with Gasteiger partial charge < -0.3 is 29.5 Å². The molecule has 9 heteroatoms. The molecule has 2 heterocycles. The van der Waals surface area contributed by atoms with Crippen LogP contribution in [0.25, 0.3) is 0 Å². The fourth-order valence-corrected chi connectivity index (χ4v) is 2.86. The SMILES string of the molecule is COC(=O)C1=C(Nc2ccc(Oc3cccnc3)c(OC)c2)C(=O)N(CCO)C1. The molecule has 2 N–H and O–H groups in total. The maximum Gasteiger partial charge on any atom is 0.337 e. The van der Waals surface area contributed by atoms with Crippen LogP contribution in [0.15, 0.2) is 54.0 Å². The number of esters is 1. The highest BCUT2D eigenvalue weighted by molar-refractivity contribution is 6.08. The second kappa shape index (κ2) is 9.07. The number of rotatable bonds is 8. The predicted molar refractivity (Wildman–Crippen MR) is 104 cm³/mol. The lowest BCUT2D eigenvalue weighted by Crippen LogP contribution is -2.31. The number of anilines is 1. The van der Waals surface area contributed by atoms with Gasteiger partial charge in [0, 0.05) is 24.5 Å². The molecule has 0 saturated carbocycles. The molecule has 3 rings (SSSR count). The summed E-state index contributed by atoms with van der Waals surface area (Å²) in [4.78, 5) is 30.1. The number of aliphatic hydroxyl groups is 1. The zero-order valence-electron chi connectivity index (χ0n) is 16.0. The van der Waals surface area contributed by atoms with Crippen LogP contribution < -0.4 is 14.8 Å². The highest BCUT2D eigenvalue weighted by Gasteiger charge is 2.34. The van der Waals surface area contributed by atoms with Gasteiger partial charge >= 0.3 is 5.97 Å². The van der Waals surface area contributed by atoms with Crippen LogP contribution in [0.2, 0.25) is 0 Å². The highest BCUT2D eigenvalue weighted by Crippen LogP contribution is 2.34. The molecule has 1 aromatic heterocycles. The van der Waals surface area contributed by atoms with Gasteiger partial charge in [-0.05, 0) is 24.3 Å². The molecule has 1 aromatic carbocycles. The molecule has 0 aliphatic carbocycles. The lowest BCUT2D eigenvalue weighted by Gasteiger charge is -2.16. The number of carbonyl (C=O) groups is 2. The quantitative estimate of drug-likeness (QED) is 0.644. The average molecular weight is 399 g/mol. The van der Waals surface area contributed by atoms with Gasteiger partial charge in [0.15, 0.2) is 11.5 Å². The molecule has 1 aliphatic rings. The van der Waals surface area contributed by atoms with Gasteiger partial charge in [0.25, 0.3) is 5.91 Å². The minimum atomic E-state index is -0.607. The van der Waals surface area contributed by atoms with E-state index in [0.717, 1.165) is 0 Å². The van der Waals surface area contributed by atoms with Crippen LogP contribution in [0.4, 0.5) is 5.69 Å². The third-order valence-electron chi connectivity index (χ3n) is 4.25. The summed E-state index contributed by atoms with van der Waals surface area (Å²) in [6.45, 7) is -0.0267. The highest BCUT2D eigenvalue weighted by atomic mass is 16.5. The zero-order valence-corrected chi connectivity index (χ0v) is 16.0. The molecule has 9 nitrogen and oxygen atoms in total. The summed E-state index contributed by atoms with van der Waals surface area (Å²) in [5.41, 5.74) is 0.824. The second-order valence-electron chi connectivity index (χ2n) is 6.08. The molecule has 0 saturated heterocycles. The molecule has 0 atom stereocenters. The summed E-state index contributed by atoms with van der Waals surface area (Å²) in [5.74, 6) is 0.441. The van der Waals surface area contributed by atoms with Crippen molar-refractivity contribution in [1.29, 1.82) is 0 Å². The minimum Gasteiger partial charge on any atom is -0.493 e. The third kappa shape index (κ3) is 4.46. The normalized spacial score (nSPS) is 13.5. The van der Waals surface area contributed by atoms with Gasteiger partial charge in [-0.1, -0.05) is 0 Å². The molecule has 0 radical (unpaired) electrons. The maximum absolute atomic E-state index is 12.6. The number of benzene rings is 1. The molecule has 29 heavy (non-hydrogen) atoms. The van der Waals surface area contributed by atoms with E-state index in [4.69, 9.17) is 19.3 Å². The molecule has 1 aliphatic heterocycles. The number of amides is 1. The third-order valence-corrected chi connectivity index (χ3v) is 4.25. The number of nitrogens with one attached hydrogen (secondary N) is 1. The van der Waals surface area contributed by atoms with Crippen molar-refractivity contribution in [3.05, 3.63) is 54.0 Å². The molecule has 0 unspecified atom stereocenters. The van der Waals surface area contributed by atoms with Crippen molar-refractivity contribution in [2.75, 3.05) is 39.2 Å². The number of aliphatic hydroxyl groups excluding tert-OH is 1. The molecule has 2 aromatic rings. The number of carbonyl (C=O) groups excluding carboxylic acids is 2. The van der Waals surface area contributed by atoms with Crippen molar-refractivity contribution in [2.45, 2.75) is 0 Å². The van der Waals surface area contributed by atoms with E-state index in [1.807, 2.05) is 0 Å². The predicted octanol–water partition coefficient (Wildman–Crippen LogP) is 1.56. The standard InChI is InChI=1S/C20H21N3O6/c1-27-17-10-13(5-6-16(17)29-14-4-3-7-21-11-14)22-18-15(20(26)28-2)12-23(8-9-24)19(18)25/h3-7,10-11,22,24H,8-9,12H2,1-2H3. The Balaban J connectivity index is 1.86. The van der Waals surface area contributed by atoms with Gasteiger partial charge in [0.05, 0.1) is 39.1 Å². The number of pyridine rings is 1. The van der Waals surface area contributed by atoms with Crippen LogP contribution in [-0.4, -0.2) is 60.8 Å². The van der Waals surface area contributed by atoms with Crippen LogP contribution in [0.1, 0.15) is 0 Å². The van der Waals surface area contributed by atoms with Crippen LogP contribution in [0, 0.1) is 0 Å². The summed E-state index contributed by atoms with van der Waals surface area (Å²) in [7, 11) is 2.75. The number of hydrogen-bond donors (Lipinski definition) is 2. The Kier molecular flexibility index (Phi) is 6.30. The summed E-state index contributed by atoms with van der Waals surface area (Å²) in [6, 6.07) is 8.53. The molecular formula is C20H21N3O6. The average Bonchev–Trinajstić information content (AvgIpc) is 3.05. The molecule has 0 bridgehead atoms. The van der Waals surface area contributed by atoms with Gasteiger partial charge in [-0.25, -0.2) is 4.79 Å². The smallest absolute Gasteiger partial charge is 0.337 e. The van der Waals surface area contributed by atoms with Crippen LogP contribution in [-0.2, 0) is 14.3 Å². The summed E-state index contributed by atoms with van der Waals surface area (Å²) in [6.07, 6.45) is 3.22. The second-order valence-corrected chi connectivity index (χ2v) is 6.08. The van der Waals surface area contributed by atoms with Crippen molar-refractivity contribution in [2.24, 2.45) is 0 Å². The first-order valence-electron chi connectivity index (χ1n) is 8.82. The van der Waals surface area contributed by atoms with E-state index < -0.39 is 11.9 Å². The number of methoxy groups -OCH3 is 2. The number of ether oxygens (including phenoxy) is 3. The Hall–Kier alpha value is -3.59. The van der Waals surface area contributed by atoms with Gasteiger partial charge in [-0.3, -0.25) is 9.78 Å². The van der Waals surface area contributed by atoms with Gasteiger partial charge in [-0.15, -0.1) is 0 Å². The van der Waals surface area contributed by atoms with Crippen molar-refractivity contribution in [3.63, 3.8) is 0 Å². The summed E-state index contributed by atoms with van der Waals surface area (Å²) in [5, 5.41) is 12.1. The van der Waals surface area contributed by atoms with Crippen molar-refractivity contribution in [3.8, 4) is 17.2 Å². The van der Waals surface area contributed by atoms with Crippen molar-refractivity contribution < 1.29 is 28.9 Å². The van der Waals surface area contributed by atoms with Crippen LogP contribution in [0.5, 0.6) is 17.2 Å². The number of β-amino-alcohol motifs (C(OH)–C–C–N with tert-alkyl or cyclic N) is 1. The van der Waals surface area contributed by atoms with Gasteiger partial charge in [0.2, 0.25) is 0 Å². The molecule has 1 amide bonds. The van der Waals surface area contributed by atoms with E-state index in [-0.39, 0.29) is 31.0 Å². The van der Waals surface area contributed by atoms with E-state index in [0.29, 0.717) is 22.9 Å². The Bertz CT molecular complexity index is 929. The van der Waals surface area contributed by atoms with Crippen molar-refractivity contribution >= 4 is 17.6 Å². The number of nitrogens with zero attached hydrogens (tertiary/aromatic N) is 2. The Morgan fingerprint density at radius 3 is 2.76 bits per heavy atom. The van der Waals surface area contributed by atoms with Crippen molar-refractivity contribution in [1.82, 2.24) is 9.88 Å². The van der Waals surface area contributed by atoms with Crippen LogP contribution >= 0.6 is 0 Å². The summed E-state index contributed by atoms with van der Waals surface area (Å²) < 4.78 is 15.9. The Morgan fingerprint density at radius 2 is 2.10 bits per heavy atom. The van der Waals surface area contributed by atoms with E-state index in [1.54, 1.807) is 42.7 Å². The molecule has 0 spiro atoms. The van der Waals surface area contributed by atoms with Gasteiger partial charge in [0.1, 0.15) is 11.4 Å². The Labute approximate surface area is 167 Å². The fraction of sp³-hybridized carbons (Fsp3) is 0.250. The lowest BCUT2D eigenvalue weighted by molar-refractivity contribution is -0.136. The molecule has 152 valence electrons. The lowest BCUT2D eigenvalue weighted by atomic mass is 10.2. The minimum absolute atomic E-state index is 0.0632. The number of aromatic nitrogens is 1. The first-order valence-corrected chi connectivity index (χ1v) is 8.82. The topological polar surface area (TPSA) is 110 Å². The van der Waals surface area contributed by atoms with Gasteiger partial charge in [-0.2, -0.15) is 0 Å². The van der Waals surface area contributed by atoms with E-state index in [2.05, 4.69) is 10.3 Å². The van der Waals surface area contributed by atoms with E-state index in [1.165, 1.54) is 19.1 Å². The Morgan fingerprint density at radius 1 is 1.28 bits per heavy atom. The zero-order chi connectivity index (χ0) is 20.8. The first kappa shape index (κ1) is 20.2. The largest absolute Gasteiger partial charge is 0.493 e. The monoisotopic (exact) mass is 399 g/mol. The van der Waals surface area contributed by atoms with Crippen LogP contribution in [0.3, 0.4) is 0 Å². The maximum atomic E-state index is 12.6. The fourth-order valence-electron chi connectivity index (χ4n) is 2.86. The summed E-state index contributed by atoms with van der Waals surface area (Å²) >= 11 is 0. The number of hydrogen-bond acceptors (Lipinski definition) is 8.